The Bertz CT molecular complexity index is 501. The molecule has 1 atom stereocenters. The van der Waals surface area contributed by atoms with Gasteiger partial charge in [0.05, 0.1) is 12.2 Å². The molecule has 2 aromatic rings. The summed E-state index contributed by atoms with van der Waals surface area (Å²) in [6.45, 7) is 9.14. The highest BCUT2D eigenvalue weighted by atomic mass is 32.1. The molecule has 2 rings (SSSR count). The number of hydrogen-bond donors (Lipinski definition) is 1. The topological polar surface area (TPSA) is 38.1 Å². The van der Waals surface area contributed by atoms with E-state index < -0.39 is 0 Å². The average Bonchev–Trinajstić information content (AvgIpc) is 2.82. The molecule has 0 spiro atoms. The number of oxazole rings is 1. The summed E-state index contributed by atoms with van der Waals surface area (Å²) in [6.07, 6.45) is 1.76. The number of nitrogens with one attached hydrogen (secondary N) is 1. The molecule has 1 unspecified atom stereocenters. The molecule has 0 saturated heterocycles. The van der Waals surface area contributed by atoms with E-state index in [9.17, 15) is 0 Å². The third-order valence-electron chi connectivity index (χ3n) is 2.75. The van der Waals surface area contributed by atoms with Crippen molar-refractivity contribution >= 4 is 11.3 Å². The number of aromatic nitrogens is 1. The van der Waals surface area contributed by atoms with Gasteiger partial charge in [0.2, 0.25) is 5.89 Å². The van der Waals surface area contributed by atoms with Crippen LogP contribution < -0.4 is 5.32 Å². The predicted molar refractivity (Wildman–Crippen MR) is 70.3 cm³/mol. The molecular formula is C13H18N2OS. The molecule has 0 bridgehead atoms. The maximum absolute atomic E-state index is 5.50. The van der Waals surface area contributed by atoms with Gasteiger partial charge in [-0.05, 0) is 39.3 Å². The van der Waals surface area contributed by atoms with Crippen LogP contribution in [0.25, 0.3) is 0 Å². The van der Waals surface area contributed by atoms with Crippen molar-refractivity contribution < 1.29 is 4.42 Å². The fourth-order valence-electron chi connectivity index (χ4n) is 1.78. The molecule has 92 valence electrons. The van der Waals surface area contributed by atoms with Crippen molar-refractivity contribution in [3.8, 4) is 0 Å². The summed E-state index contributed by atoms with van der Waals surface area (Å²) in [6, 6.07) is 2.38. The van der Waals surface area contributed by atoms with Gasteiger partial charge in [-0.3, -0.25) is 0 Å². The smallest absolute Gasteiger partial charge is 0.211 e. The molecule has 1 N–H and O–H groups in total. The van der Waals surface area contributed by atoms with Gasteiger partial charge in [0, 0.05) is 16.3 Å². The molecule has 3 nitrogen and oxygen atoms in total. The van der Waals surface area contributed by atoms with E-state index in [0.717, 1.165) is 18.2 Å². The van der Waals surface area contributed by atoms with Crippen molar-refractivity contribution in [2.75, 3.05) is 0 Å². The van der Waals surface area contributed by atoms with E-state index in [1.165, 1.54) is 15.3 Å². The van der Waals surface area contributed by atoms with E-state index in [0.29, 0.717) is 0 Å². The second-order valence-electron chi connectivity index (χ2n) is 4.35. The van der Waals surface area contributed by atoms with E-state index in [4.69, 9.17) is 4.42 Å². The quantitative estimate of drug-likeness (QED) is 0.902. The summed E-state index contributed by atoms with van der Waals surface area (Å²) < 4.78 is 5.50. The van der Waals surface area contributed by atoms with Crippen LogP contribution in [-0.2, 0) is 6.54 Å². The molecule has 0 aliphatic rings. The molecule has 0 saturated carbocycles. The van der Waals surface area contributed by atoms with Crippen LogP contribution in [0.3, 0.4) is 0 Å². The van der Waals surface area contributed by atoms with Gasteiger partial charge < -0.3 is 9.73 Å². The van der Waals surface area contributed by atoms with Gasteiger partial charge in [-0.1, -0.05) is 0 Å². The minimum atomic E-state index is 0.142. The fraction of sp³-hybridized carbons (Fsp3) is 0.462. The second-order valence-corrected chi connectivity index (χ2v) is 5.81. The van der Waals surface area contributed by atoms with E-state index in [1.807, 2.05) is 18.3 Å². The zero-order valence-corrected chi connectivity index (χ0v) is 11.5. The van der Waals surface area contributed by atoms with Gasteiger partial charge >= 0.3 is 0 Å². The van der Waals surface area contributed by atoms with Crippen molar-refractivity contribution in [3.63, 3.8) is 0 Å². The van der Waals surface area contributed by atoms with E-state index in [-0.39, 0.29) is 6.04 Å². The van der Waals surface area contributed by atoms with Crippen LogP contribution in [0.15, 0.2) is 16.7 Å². The normalized spacial score (nSPS) is 12.9. The third kappa shape index (κ3) is 2.96. The summed E-state index contributed by atoms with van der Waals surface area (Å²) >= 11 is 1.84. The first-order chi connectivity index (χ1) is 8.06. The second kappa shape index (κ2) is 5.02. The van der Waals surface area contributed by atoms with Gasteiger partial charge in [0.25, 0.3) is 0 Å². The van der Waals surface area contributed by atoms with Crippen molar-refractivity contribution in [2.45, 2.75) is 40.3 Å². The SMILES string of the molecule is Cc1cnc(C(C)NCc2cc(C)sc2C)o1. The van der Waals surface area contributed by atoms with Gasteiger partial charge in [-0.15, -0.1) is 11.3 Å². The Balaban J connectivity index is 1.96. The summed E-state index contributed by atoms with van der Waals surface area (Å²) in [4.78, 5) is 6.97. The first-order valence-electron chi connectivity index (χ1n) is 5.78. The largest absolute Gasteiger partial charge is 0.444 e. The van der Waals surface area contributed by atoms with Crippen molar-refractivity contribution in [1.82, 2.24) is 10.3 Å². The van der Waals surface area contributed by atoms with Crippen molar-refractivity contribution in [3.05, 3.63) is 39.2 Å². The Morgan fingerprint density at radius 2 is 2.18 bits per heavy atom. The first-order valence-corrected chi connectivity index (χ1v) is 6.59. The average molecular weight is 250 g/mol. The highest BCUT2D eigenvalue weighted by molar-refractivity contribution is 7.12. The van der Waals surface area contributed by atoms with E-state index >= 15 is 0 Å². The maximum atomic E-state index is 5.50. The highest BCUT2D eigenvalue weighted by Gasteiger charge is 2.11. The van der Waals surface area contributed by atoms with Crippen LogP contribution >= 0.6 is 11.3 Å². The Hall–Kier alpha value is -1.13. The van der Waals surface area contributed by atoms with Gasteiger partial charge in [-0.2, -0.15) is 0 Å². The van der Waals surface area contributed by atoms with Crippen LogP contribution in [0.4, 0.5) is 0 Å². The molecule has 0 radical (unpaired) electrons. The minimum Gasteiger partial charge on any atom is -0.444 e. The van der Waals surface area contributed by atoms with Crippen LogP contribution in [0.2, 0.25) is 0 Å². The van der Waals surface area contributed by atoms with Crippen LogP contribution in [-0.4, -0.2) is 4.98 Å². The van der Waals surface area contributed by atoms with Crippen molar-refractivity contribution in [1.29, 1.82) is 0 Å². The lowest BCUT2D eigenvalue weighted by atomic mass is 10.2. The van der Waals surface area contributed by atoms with Gasteiger partial charge in [0.15, 0.2) is 0 Å². The lowest BCUT2D eigenvalue weighted by Crippen LogP contribution is -2.18. The summed E-state index contributed by atoms with van der Waals surface area (Å²) in [5.41, 5.74) is 1.36. The lowest BCUT2D eigenvalue weighted by molar-refractivity contribution is 0.402. The summed E-state index contributed by atoms with van der Waals surface area (Å²) in [5, 5.41) is 3.43. The summed E-state index contributed by atoms with van der Waals surface area (Å²) in [5.74, 6) is 1.61. The van der Waals surface area contributed by atoms with Crippen LogP contribution in [0, 0.1) is 20.8 Å². The number of rotatable bonds is 4. The maximum Gasteiger partial charge on any atom is 0.211 e. The predicted octanol–water partition coefficient (Wildman–Crippen LogP) is 3.51. The summed E-state index contributed by atoms with van der Waals surface area (Å²) in [7, 11) is 0. The molecule has 0 aliphatic heterocycles. The molecule has 0 fully saturated rings. The Kier molecular flexibility index (Phi) is 3.64. The van der Waals surface area contributed by atoms with E-state index in [1.54, 1.807) is 6.20 Å². The first kappa shape index (κ1) is 12.3. The molecule has 4 heteroatoms. The molecule has 0 aromatic carbocycles. The number of nitrogens with zero attached hydrogens (tertiary/aromatic N) is 1. The lowest BCUT2D eigenvalue weighted by Gasteiger charge is -2.09. The molecule has 0 amide bonds. The zero-order valence-electron chi connectivity index (χ0n) is 10.7. The fourth-order valence-corrected chi connectivity index (χ4v) is 2.73. The molecule has 2 aromatic heterocycles. The third-order valence-corrected chi connectivity index (χ3v) is 3.76. The Morgan fingerprint density at radius 1 is 1.41 bits per heavy atom. The highest BCUT2D eigenvalue weighted by Crippen LogP contribution is 2.21. The molecule has 2 heterocycles. The Morgan fingerprint density at radius 3 is 2.71 bits per heavy atom. The van der Waals surface area contributed by atoms with E-state index in [2.05, 4.69) is 37.1 Å². The number of thiophene rings is 1. The molecular weight excluding hydrogens is 232 g/mol. The number of hydrogen-bond acceptors (Lipinski definition) is 4. The van der Waals surface area contributed by atoms with Crippen LogP contribution in [0.5, 0.6) is 0 Å². The minimum absolute atomic E-state index is 0.142. The molecule has 0 aliphatic carbocycles. The van der Waals surface area contributed by atoms with Gasteiger partial charge in [-0.25, -0.2) is 4.98 Å². The monoisotopic (exact) mass is 250 g/mol. The Labute approximate surface area is 106 Å². The van der Waals surface area contributed by atoms with Crippen LogP contribution in [0.1, 0.15) is 39.9 Å². The zero-order chi connectivity index (χ0) is 12.4. The number of aryl methyl sites for hydroxylation is 3. The van der Waals surface area contributed by atoms with Gasteiger partial charge in [0.1, 0.15) is 5.76 Å². The standard InChI is InChI=1S/C13H18N2OS/c1-8-6-15-13(16-8)10(3)14-7-12-5-9(2)17-11(12)4/h5-6,10,14H,7H2,1-4H3. The molecule has 17 heavy (non-hydrogen) atoms. The van der Waals surface area contributed by atoms with Crippen molar-refractivity contribution in [2.24, 2.45) is 0 Å².